The molecule has 0 aliphatic carbocycles. The molecule has 0 unspecified atom stereocenters. The predicted octanol–water partition coefficient (Wildman–Crippen LogP) is 0.639. The average molecular weight is 246 g/mol. The highest BCUT2D eigenvalue weighted by Crippen LogP contribution is 2.18. The summed E-state index contributed by atoms with van der Waals surface area (Å²) < 4.78 is 3.92. The normalized spacial score (nSPS) is 20.6. The van der Waals surface area contributed by atoms with Gasteiger partial charge in [0.05, 0.1) is 13.1 Å². The maximum Gasteiger partial charge on any atom is 0.137 e. The molecule has 0 saturated carbocycles. The van der Waals surface area contributed by atoms with Gasteiger partial charge in [-0.05, 0) is 25.5 Å². The fourth-order valence-corrected chi connectivity index (χ4v) is 2.60. The van der Waals surface area contributed by atoms with Crippen molar-refractivity contribution in [3.63, 3.8) is 0 Å². The van der Waals surface area contributed by atoms with Gasteiger partial charge in [-0.15, -0.1) is 0 Å². The minimum absolute atomic E-state index is 0.605. The Morgan fingerprint density at radius 2 is 2.17 bits per heavy atom. The first-order valence-corrected chi connectivity index (χ1v) is 6.46. The Hall–Kier alpha value is -1.69. The Bertz CT molecular complexity index is 449. The van der Waals surface area contributed by atoms with Gasteiger partial charge in [-0.3, -0.25) is 14.3 Å². The van der Waals surface area contributed by atoms with Crippen molar-refractivity contribution < 1.29 is 0 Å². The minimum atomic E-state index is 0.605. The highest BCUT2D eigenvalue weighted by molar-refractivity contribution is 4.83. The van der Waals surface area contributed by atoms with E-state index in [9.17, 15) is 0 Å². The van der Waals surface area contributed by atoms with Gasteiger partial charge in [0.2, 0.25) is 0 Å². The second-order valence-electron chi connectivity index (χ2n) is 4.72. The van der Waals surface area contributed by atoms with Gasteiger partial charge in [0.15, 0.2) is 0 Å². The van der Waals surface area contributed by atoms with E-state index < -0.39 is 0 Å². The quantitative estimate of drug-likeness (QED) is 0.777. The molecule has 2 aromatic heterocycles. The van der Waals surface area contributed by atoms with E-state index in [0.29, 0.717) is 6.04 Å². The van der Waals surface area contributed by atoms with Crippen LogP contribution in [0.2, 0.25) is 0 Å². The molecule has 1 aliphatic heterocycles. The van der Waals surface area contributed by atoms with E-state index in [1.807, 2.05) is 27.8 Å². The summed E-state index contributed by atoms with van der Waals surface area (Å²) in [6, 6.07) is 2.59. The molecule has 0 N–H and O–H groups in total. The molecule has 0 radical (unpaired) electrons. The van der Waals surface area contributed by atoms with Crippen LogP contribution >= 0.6 is 0 Å². The molecule has 1 aliphatic rings. The van der Waals surface area contributed by atoms with Gasteiger partial charge in [-0.1, -0.05) is 0 Å². The van der Waals surface area contributed by atoms with Gasteiger partial charge >= 0.3 is 0 Å². The second kappa shape index (κ2) is 5.30. The van der Waals surface area contributed by atoms with Crippen molar-refractivity contribution in [3.8, 4) is 0 Å². The zero-order chi connectivity index (χ0) is 12.2. The molecule has 1 fully saturated rings. The van der Waals surface area contributed by atoms with Crippen LogP contribution in [0.1, 0.15) is 12.8 Å². The summed E-state index contributed by atoms with van der Waals surface area (Å²) in [6.45, 7) is 4.12. The molecule has 3 heterocycles. The van der Waals surface area contributed by atoms with Crippen LogP contribution in [0.25, 0.3) is 0 Å². The Morgan fingerprint density at radius 3 is 2.94 bits per heavy atom. The molecule has 0 aromatic carbocycles. The molecule has 3 rings (SSSR count). The smallest absolute Gasteiger partial charge is 0.137 e. The zero-order valence-corrected chi connectivity index (χ0v) is 10.4. The maximum absolute atomic E-state index is 4.29. The van der Waals surface area contributed by atoms with Crippen LogP contribution in [0.15, 0.2) is 31.1 Å². The summed E-state index contributed by atoms with van der Waals surface area (Å²) in [5.41, 5.74) is 0. The third-order valence-corrected chi connectivity index (χ3v) is 3.54. The van der Waals surface area contributed by atoms with Crippen molar-refractivity contribution >= 4 is 0 Å². The Labute approximate surface area is 106 Å². The molecular weight excluding hydrogens is 228 g/mol. The summed E-state index contributed by atoms with van der Waals surface area (Å²) in [6.07, 6.45) is 9.78. The molecular formula is C12H18N6. The van der Waals surface area contributed by atoms with Crippen molar-refractivity contribution in [1.82, 2.24) is 29.4 Å². The zero-order valence-electron chi connectivity index (χ0n) is 10.4. The molecule has 96 valence electrons. The van der Waals surface area contributed by atoms with E-state index in [0.717, 1.165) is 19.6 Å². The number of hydrogen-bond acceptors (Lipinski definition) is 4. The van der Waals surface area contributed by atoms with Gasteiger partial charge in [0.1, 0.15) is 12.7 Å². The number of rotatable bonds is 5. The van der Waals surface area contributed by atoms with E-state index in [4.69, 9.17) is 0 Å². The van der Waals surface area contributed by atoms with Crippen LogP contribution in [-0.2, 0) is 13.1 Å². The Morgan fingerprint density at radius 1 is 1.17 bits per heavy atom. The van der Waals surface area contributed by atoms with Crippen LogP contribution < -0.4 is 0 Å². The number of nitrogens with zero attached hydrogens (tertiary/aromatic N) is 6. The number of hydrogen-bond donors (Lipinski definition) is 0. The summed E-state index contributed by atoms with van der Waals surface area (Å²) in [4.78, 5) is 6.50. The van der Waals surface area contributed by atoms with E-state index >= 15 is 0 Å². The van der Waals surface area contributed by atoms with E-state index in [1.54, 1.807) is 12.7 Å². The molecule has 0 spiro atoms. The third kappa shape index (κ3) is 2.59. The molecule has 2 aromatic rings. The number of likely N-dealkylation sites (tertiary alicyclic amines) is 1. The van der Waals surface area contributed by atoms with Crippen molar-refractivity contribution in [1.29, 1.82) is 0 Å². The van der Waals surface area contributed by atoms with Crippen molar-refractivity contribution in [2.75, 3.05) is 13.1 Å². The minimum Gasteiger partial charge on any atom is -0.297 e. The predicted molar refractivity (Wildman–Crippen MR) is 66.8 cm³/mol. The lowest BCUT2D eigenvalue weighted by Gasteiger charge is -2.24. The summed E-state index contributed by atoms with van der Waals surface area (Å²) in [7, 11) is 0. The van der Waals surface area contributed by atoms with Gasteiger partial charge in [0.25, 0.3) is 0 Å². The van der Waals surface area contributed by atoms with Crippen LogP contribution in [-0.4, -0.2) is 48.6 Å². The van der Waals surface area contributed by atoms with Crippen LogP contribution in [0.5, 0.6) is 0 Å². The van der Waals surface area contributed by atoms with Gasteiger partial charge in [-0.2, -0.15) is 10.2 Å². The monoisotopic (exact) mass is 246 g/mol. The largest absolute Gasteiger partial charge is 0.297 e. The Balaban J connectivity index is 1.54. The fraction of sp³-hybridized carbons (Fsp3) is 0.583. The van der Waals surface area contributed by atoms with E-state index in [1.165, 1.54) is 19.4 Å². The van der Waals surface area contributed by atoms with E-state index in [2.05, 4.69) is 20.1 Å². The van der Waals surface area contributed by atoms with E-state index in [-0.39, 0.29) is 0 Å². The fourth-order valence-electron chi connectivity index (χ4n) is 2.60. The average Bonchev–Trinajstić information content (AvgIpc) is 3.10. The number of aromatic nitrogens is 5. The van der Waals surface area contributed by atoms with Crippen LogP contribution in [0, 0.1) is 0 Å². The lowest BCUT2D eigenvalue weighted by Crippen LogP contribution is -2.35. The summed E-state index contributed by atoms with van der Waals surface area (Å²) >= 11 is 0. The summed E-state index contributed by atoms with van der Waals surface area (Å²) in [5, 5.41) is 8.43. The topological polar surface area (TPSA) is 51.8 Å². The van der Waals surface area contributed by atoms with Crippen molar-refractivity contribution in [3.05, 3.63) is 31.1 Å². The maximum atomic E-state index is 4.29. The highest BCUT2D eigenvalue weighted by atomic mass is 15.3. The van der Waals surface area contributed by atoms with Crippen LogP contribution in [0.3, 0.4) is 0 Å². The van der Waals surface area contributed by atoms with Gasteiger partial charge in [-0.25, -0.2) is 4.98 Å². The SMILES string of the molecule is c1cnn(C[C@H]2CCCN2CCn2cncn2)c1. The van der Waals surface area contributed by atoms with Crippen molar-refractivity contribution in [2.24, 2.45) is 0 Å². The molecule has 1 atom stereocenters. The first-order valence-electron chi connectivity index (χ1n) is 6.46. The van der Waals surface area contributed by atoms with Crippen LogP contribution in [0.4, 0.5) is 0 Å². The van der Waals surface area contributed by atoms with Gasteiger partial charge in [0, 0.05) is 25.0 Å². The molecule has 18 heavy (non-hydrogen) atoms. The molecule has 6 heteroatoms. The third-order valence-electron chi connectivity index (χ3n) is 3.54. The molecule has 6 nitrogen and oxygen atoms in total. The highest BCUT2D eigenvalue weighted by Gasteiger charge is 2.24. The molecule has 0 amide bonds. The first kappa shape index (κ1) is 11.4. The lowest BCUT2D eigenvalue weighted by atomic mass is 10.2. The Kier molecular flexibility index (Phi) is 3.36. The first-order chi connectivity index (χ1) is 8.92. The standard InChI is InChI=1S/C12H18N6/c1-3-12(9-17-6-2-4-14-17)16(5-1)7-8-18-11-13-10-15-18/h2,4,6,10-12H,1,3,5,7-9H2/t12-/m1/s1. The summed E-state index contributed by atoms with van der Waals surface area (Å²) in [5.74, 6) is 0. The van der Waals surface area contributed by atoms with Crippen molar-refractivity contribution in [2.45, 2.75) is 32.0 Å². The van der Waals surface area contributed by atoms with Gasteiger partial charge < -0.3 is 0 Å². The molecule has 1 saturated heterocycles. The second-order valence-corrected chi connectivity index (χ2v) is 4.72. The molecule has 0 bridgehead atoms. The lowest BCUT2D eigenvalue weighted by molar-refractivity contribution is 0.216.